The number of halogens is 1. The van der Waals surface area contributed by atoms with Crippen molar-refractivity contribution >= 4 is 35.0 Å². The molecule has 1 atom stereocenters. The second-order valence-corrected chi connectivity index (χ2v) is 12.0. The zero-order valence-corrected chi connectivity index (χ0v) is 22.0. The lowest BCUT2D eigenvalue weighted by Crippen LogP contribution is -2.58. The Morgan fingerprint density at radius 2 is 1.68 bits per heavy atom. The molecule has 2 aromatic carbocycles. The van der Waals surface area contributed by atoms with Crippen LogP contribution in [0.25, 0.3) is 0 Å². The highest BCUT2D eigenvalue weighted by Crippen LogP contribution is 2.60. The van der Waals surface area contributed by atoms with Gasteiger partial charge in [0, 0.05) is 11.6 Å². The zero-order chi connectivity index (χ0) is 25.7. The molecule has 1 aliphatic heterocycles. The van der Waals surface area contributed by atoms with Crippen LogP contribution in [0.3, 0.4) is 0 Å². The van der Waals surface area contributed by atoms with E-state index in [1.165, 1.54) is 24.2 Å². The van der Waals surface area contributed by atoms with Crippen molar-refractivity contribution in [3.63, 3.8) is 0 Å². The Bertz CT molecular complexity index is 1190. The molecule has 7 rings (SSSR count). The van der Waals surface area contributed by atoms with Crippen LogP contribution in [0.2, 0.25) is 5.02 Å². The van der Waals surface area contributed by atoms with Crippen molar-refractivity contribution < 1.29 is 19.1 Å². The second-order valence-electron chi connectivity index (χ2n) is 11.6. The summed E-state index contributed by atoms with van der Waals surface area (Å²) in [7, 11) is 1.57. The van der Waals surface area contributed by atoms with Crippen LogP contribution < -0.4 is 9.64 Å². The van der Waals surface area contributed by atoms with Crippen LogP contribution in [0.15, 0.2) is 48.5 Å². The van der Waals surface area contributed by atoms with Crippen LogP contribution in [0.5, 0.6) is 5.75 Å². The van der Waals surface area contributed by atoms with Gasteiger partial charge < -0.3 is 9.64 Å². The van der Waals surface area contributed by atoms with Crippen LogP contribution in [-0.4, -0.2) is 42.3 Å². The van der Waals surface area contributed by atoms with E-state index < -0.39 is 6.04 Å². The first kappa shape index (κ1) is 24.5. The topological polar surface area (TPSA) is 66.9 Å². The Kier molecular flexibility index (Phi) is 6.26. The molecular weight excluding hydrogens is 488 g/mol. The summed E-state index contributed by atoms with van der Waals surface area (Å²) < 4.78 is 5.22. The van der Waals surface area contributed by atoms with Gasteiger partial charge in [-0.1, -0.05) is 23.7 Å². The number of hydrogen-bond donors (Lipinski definition) is 0. The highest BCUT2D eigenvalue weighted by molar-refractivity contribution is 6.30. The lowest BCUT2D eigenvalue weighted by molar-refractivity contribution is -0.161. The van der Waals surface area contributed by atoms with Gasteiger partial charge in [0.15, 0.2) is 0 Å². The molecule has 0 N–H and O–H groups in total. The molecule has 0 radical (unpaired) electrons. The van der Waals surface area contributed by atoms with Gasteiger partial charge in [-0.05, 0) is 105 Å². The fraction of sp³-hybridized carbons (Fsp3) is 0.500. The third-order valence-corrected chi connectivity index (χ3v) is 9.35. The predicted molar refractivity (Wildman–Crippen MR) is 141 cm³/mol. The van der Waals surface area contributed by atoms with E-state index in [1.807, 2.05) is 24.3 Å². The van der Waals surface area contributed by atoms with Gasteiger partial charge in [0.2, 0.25) is 11.8 Å². The first-order chi connectivity index (χ1) is 17.8. The van der Waals surface area contributed by atoms with Gasteiger partial charge in [-0.2, -0.15) is 0 Å². The van der Waals surface area contributed by atoms with E-state index in [0.717, 1.165) is 24.8 Å². The Labute approximate surface area is 222 Å². The largest absolute Gasteiger partial charge is 0.497 e. The molecule has 7 heteroatoms. The summed E-state index contributed by atoms with van der Waals surface area (Å²) >= 11 is 6.22. The number of rotatable bonds is 7. The van der Waals surface area contributed by atoms with E-state index in [-0.39, 0.29) is 29.6 Å². The number of methoxy groups -OCH3 is 1. The van der Waals surface area contributed by atoms with Crippen LogP contribution in [0.4, 0.5) is 5.69 Å². The smallest absolute Gasteiger partial charge is 0.257 e. The minimum atomic E-state index is -0.783. The summed E-state index contributed by atoms with van der Waals surface area (Å²) in [5, 5.41) is 0.647. The average Bonchev–Trinajstić information content (AvgIpc) is 3.17. The van der Waals surface area contributed by atoms with Gasteiger partial charge in [0.05, 0.1) is 24.6 Å². The second kappa shape index (κ2) is 9.46. The summed E-state index contributed by atoms with van der Waals surface area (Å²) in [6.07, 6.45) is 7.06. The van der Waals surface area contributed by atoms with E-state index >= 15 is 0 Å². The van der Waals surface area contributed by atoms with Gasteiger partial charge in [0.25, 0.3) is 5.91 Å². The van der Waals surface area contributed by atoms with E-state index in [1.54, 1.807) is 36.3 Å². The van der Waals surface area contributed by atoms with E-state index in [4.69, 9.17) is 16.3 Å². The molecule has 0 spiro atoms. The first-order valence-electron chi connectivity index (χ1n) is 13.4. The monoisotopic (exact) mass is 520 g/mol. The van der Waals surface area contributed by atoms with Crippen LogP contribution in [0.1, 0.15) is 50.5 Å². The summed E-state index contributed by atoms with van der Waals surface area (Å²) in [4.78, 5) is 44.4. The molecule has 37 heavy (non-hydrogen) atoms. The number of imide groups is 1. The number of anilines is 1. The lowest BCUT2D eigenvalue weighted by atomic mass is 9.49. The Morgan fingerprint density at radius 1 is 1.03 bits per heavy atom. The van der Waals surface area contributed by atoms with E-state index in [0.29, 0.717) is 47.2 Å². The number of amides is 3. The van der Waals surface area contributed by atoms with Crippen molar-refractivity contribution in [2.75, 3.05) is 18.6 Å². The molecule has 1 heterocycles. The van der Waals surface area contributed by atoms with Crippen LogP contribution in [0, 0.1) is 23.2 Å². The van der Waals surface area contributed by atoms with Gasteiger partial charge >= 0.3 is 0 Å². The molecule has 3 amide bonds. The molecule has 4 bridgehead atoms. The fourth-order valence-electron chi connectivity index (χ4n) is 7.88. The molecular formula is C30H33ClN2O4. The number of carbonyl (C=O) groups excluding carboxylic acids is 3. The van der Waals surface area contributed by atoms with Crippen molar-refractivity contribution in [2.45, 2.75) is 57.4 Å². The molecule has 5 aliphatic rings. The van der Waals surface area contributed by atoms with Crippen molar-refractivity contribution in [2.24, 2.45) is 23.2 Å². The van der Waals surface area contributed by atoms with Crippen molar-refractivity contribution in [1.29, 1.82) is 0 Å². The Hall–Kier alpha value is -2.86. The van der Waals surface area contributed by atoms with Crippen LogP contribution >= 0.6 is 11.6 Å². The number of nitrogens with zero attached hydrogens (tertiary/aromatic N) is 2. The minimum Gasteiger partial charge on any atom is -0.497 e. The molecule has 194 valence electrons. The molecule has 1 saturated heterocycles. The van der Waals surface area contributed by atoms with Crippen molar-refractivity contribution in [1.82, 2.24) is 4.90 Å². The average molecular weight is 521 g/mol. The lowest BCUT2D eigenvalue weighted by Gasteiger charge is -2.57. The summed E-state index contributed by atoms with van der Waals surface area (Å²) in [5.41, 5.74) is 1.13. The van der Waals surface area contributed by atoms with E-state index in [2.05, 4.69) is 0 Å². The molecule has 1 unspecified atom stereocenters. The van der Waals surface area contributed by atoms with Crippen molar-refractivity contribution in [3.05, 3.63) is 59.1 Å². The third kappa shape index (κ3) is 4.43. The van der Waals surface area contributed by atoms with Gasteiger partial charge in [0.1, 0.15) is 11.8 Å². The predicted octanol–water partition coefficient (Wildman–Crippen LogP) is 5.27. The first-order valence-corrected chi connectivity index (χ1v) is 13.8. The highest BCUT2D eigenvalue weighted by Gasteiger charge is 2.57. The number of carbonyl (C=O) groups is 3. The molecule has 4 aliphatic carbocycles. The quantitative estimate of drug-likeness (QED) is 0.466. The van der Waals surface area contributed by atoms with Gasteiger partial charge in [-0.3, -0.25) is 14.4 Å². The fourth-order valence-corrected chi connectivity index (χ4v) is 8.09. The van der Waals surface area contributed by atoms with Gasteiger partial charge in [-0.15, -0.1) is 0 Å². The maximum absolute atomic E-state index is 14.5. The SMILES string of the molecule is COc1ccc(N2C(=O)CC(N(CCc3cccc(Cl)c3)C(=O)C34CC5CC(CC(C5)C3)C4)C2=O)cc1. The maximum Gasteiger partial charge on any atom is 0.257 e. The summed E-state index contributed by atoms with van der Waals surface area (Å²) in [6.45, 7) is 0.390. The molecule has 4 saturated carbocycles. The Balaban J connectivity index is 1.30. The minimum absolute atomic E-state index is 0.0124. The number of benzene rings is 2. The Morgan fingerprint density at radius 3 is 2.27 bits per heavy atom. The normalized spacial score (nSPS) is 30.2. The number of hydrogen-bond acceptors (Lipinski definition) is 4. The maximum atomic E-state index is 14.5. The van der Waals surface area contributed by atoms with Crippen LogP contribution in [-0.2, 0) is 20.8 Å². The number of ether oxygens (including phenoxy) is 1. The third-order valence-electron chi connectivity index (χ3n) is 9.11. The summed E-state index contributed by atoms with van der Waals surface area (Å²) in [5.74, 6) is 1.98. The van der Waals surface area contributed by atoms with Gasteiger partial charge in [-0.25, -0.2) is 4.90 Å². The zero-order valence-electron chi connectivity index (χ0n) is 21.2. The molecule has 5 fully saturated rings. The molecule has 0 aromatic heterocycles. The summed E-state index contributed by atoms with van der Waals surface area (Å²) in [6, 6.07) is 13.7. The molecule has 2 aromatic rings. The standard InChI is InChI=1S/C30H33ClN2O4/c1-37-25-7-5-24(6-8-25)33-27(34)15-26(28(33)35)32(10-9-19-3-2-4-23(31)14-19)29(36)30-16-20-11-21(17-30)13-22(12-20)18-30/h2-8,14,20-22,26H,9-13,15-18H2,1H3. The molecule has 6 nitrogen and oxygen atoms in total. The van der Waals surface area contributed by atoms with E-state index in [9.17, 15) is 14.4 Å². The van der Waals surface area contributed by atoms with Crippen molar-refractivity contribution in [3.8, 4) is 5.75 Å². The highest BCUT2D eigenvalue weighted by atomic mass is 35.5.